The van der Waals surface area contributed by atoms with Gasteiger partial charge in [0.1, 0.15) is 0 Å². The number of aryl methyl sites for hydroxylation is 2. The van der Waals surface area contributed by atoms with Crippen LogP contribution in [0.2, 0.25) is 5.02 Å². The molecule has 5 heteroatoms. The fourth-order valence-corrected chi connectivity index (χ4v) is 2.12. The molecule has 100 valence electrons. The molecule has 0 fully saturated rings. The molecule has 2 N–H and O–H groups in total. The number of benzene rings is 1. The summed E-state index contributed by atoms with van der Waals surface area (Å²) in [6.45, 7) is 4.67. The maximum Gasteiger partial charge on any atom is 0.168 e. The number of aromatic nitrogens is 2. The Morgan fingerprint density at radius 2 is 2.16 bits per heavy atom. The van der Waals surface area contributed by atoms with Crippen LogP contribution in [0.3, 0.4) is 0 Å². The first kappa shape index (κ1) is 13.6. The number of rotatable bonds is 4. The SMILES string of the molecule is CCn1nc(C)cc1CC(=O)c1ccc(Cl)c(N)c1. The lowest BCUT2D eigenvalue weighted by atomic mass is 10.1. The molecular weight excluding hydrogens is 262 g/mol. The largest absolute Gasteiger partial charge is 0.398 e. The lowest BCUT2D eigenvalue weighted by Crippen LogP contribution is -2.10. The summed E-state index contributed by atoms with van der Waals surface area (Å²) in [7, 11) is 0. The first-order valence-corrected chi connectivity index (χ1v) is 6.50. The van der Waals surface area contributed by atoms with Crippen molar-refractivity contribution in [2.75, 3.05) is 5.73 Å². The van der Waals surface area contributed by atoms with Crippen molar-refractivity contribution < 1.29 is 4.79 Å². The third kappa shape index (κ3) is 2.96. The molecule has 0 atom stereocenters. The average molecular weight is 278 g/mol. The van der Waals surface area contributed by atoms with Crippen molar-refractivity contribution in [1.82, 2.24) is 9.78 Å². The molecule has 0 radical (unpaired) electrons. The van der Waals surface area contributed by atoms with Crippen LogP contribution in [0, 0.1) is 6.92 Å². The second kappa shape index (κ2) is 5.45. The van der Waals surface area contributed by atoms with Gasteiger partial charge in [-0.2, -0.15) is 5.10 Å². The van der Waals surface area contributed by atoms with Gasteiger partial charge in [0, 0.05) is 17.8 Å². The summed E-state index contributed by atoms with van der Waals surface area (Å²) < 4.78 is 1.84. The molecule has 1 aromatic carbocycles. The van der Waals surface area contributed by atoms with Gasteiger partial charge in [-0.1, -0.05) is 11.6 Å². The molecule has 0 saturated heterocycles. The fourth-order valence-electron chi connectivity index (χ4n) is 2.00. The highest BCUT2D eigenvalue weighted by atomic mass is 35.5. The lowest BCUT2D eigenvalue weighted by molar-refractivity contribution is 0.0990. The van der Waals surface area contributed by atoms with E-state index >= 15 is 0 Å². The maximum absolute atomic E-state index is 12.2. The van der Waals surface area contributed by atoms with Crippen molar-refractivity contribution in [3.05, 3.63) is 46.2 Å². The molecule has 1 aromatic heterocycles. The van der Waals surface area contributed by atoms with Gasteiger partial charge in [0.2, 0.25) is 0 Å². The summed E-state index contributed by atoms with van der Waals surface area (Å²) in [5.41, 5.74) is 8.54. The van der Waals surface area contributed by atoms with E-state index in [1.54, 1.807) is 18.2 Å². The molecule has 0 bridgehead atoms. The first-order valence-electron chi connectivity index (χ1n) is 6.12. The Kier molecular flexibility index (Phi) is 3.90. The Morgan fingerprint density at radius 1 is 1.42 bits per heavy atom. The van der Waals surface area contributed by atoms with Crippen LogP contribution >= 0.6 is 11.6 Å². The molecule has 19 heavy (non-hydrogen) atoms. The molecule has 0 aliphatic carbocycles. The zero-order chi connectivity index (χ0) is 14.0. The summed E-state index contributed by atoms with van der Waals surface area (Å²) in [6, 6.07) is 6.89. The van der Waals surface area contributed by atoms with E-state index in [0.29, 0.717) is 22.7 Å². The van der Waals surface area contributed by atoms with E-state index in [1.807, 2.05) is 24.6 Å². The second-order valence-electron chi connectivity index (χ2n) is 4.43. The molecule has 0 aliphatic rings. The predicted molar refractivity (Wildman–Crippen MR) is 76.5 cm³/mol. The van der Waals surface area contributed by atoms with Crippen LogP contribution in [-0.4, -0.2) is 15.6 Å². The van der Waals surface area contributed by atoms with Crippen molar-refractivity contribution in [2.24, 2.45) is 0 Å². The van der Waals surface area contributed by atoms with E-state index in [2.05, 4.69) is 5.10 Å². The van der Waals surface area contributed by atoms with E-state index in [9.17, 15) is 4.79 Å². The zero-order valence-corrected chi connectivity index (χ0v) is 11.7. The number of hydrogen-bond donors (Lipinski definition) is 1. The number of halogens is 1. The van der Waals surface area contributed by atoms with Crippen LogP contribution in [0.15, 0.2) is 24.3 Å². The van der Waals surface area contributed by atoms with Crippen molar-refractivity contribution in [3.63, 3.8) is 0 Å². The van der Waals surface area contributed by atoms with E-state index in [-0.39, 0.29) is 5.78 Å². The predicted octanol–water partition coefficient (Wildman–Crippen LogP) is 2.87. The van der Waals surface area contributed by atoms with Crippen LogP contribution in [0.4, 0.5) is 5.69 Å². The van der Waals surface area contributed by atoms with Crippen molar-refractivity contribution in [2.45, 2.75) is 26.8 Å². The minimum atomic E-state index is 0.0120. The van der Waals surface area contributed by atoms with Crippen molar-refractivity contribution >= 4 is 23.1 Å². The van der Waals surface area contributed by atoms with Gasteiger partial charge < -0.3 is 5.73 Å². The maximum atomic E-state index is 12.2. The van der Waals surface area contributed by atoms with Gasteiger partial charge in [-0.15, -0.1) is 0 Å². The minimum absolute atomic E-state index is 0.0120. The number of hydrogen-bond acceptors (Lipinski definition) is 3. The minimum Gasteiger partial charge on any atom is -0.398 e. The molecule has 0 amide bonds. The van der Waals surface area contributed by atoms with Gasteiger partial charge in [0.25, 0.3) is 0 Å². The van der Waals surface area contributed by atoms with Crippen molar-refractivity contribution in [1.29, 1.82) is 0 Å². The number of ketones is 1. The molecule has 4 nitrogen and oxygen atoms in total. The van der Waals surface area contributed by atoms with Crippen molar-refractivity contribution in [3.8, 4) is 0 Å². The topological polar surface area (TPSA) is 60.9 Å². The monoisotopic (exact) mass is 277 g/mol. The Balaban J connectivity index is 2.22. The Bertz CT molecular complexity index is 619. The summed E-state index contributed by atoms with van der Waals surface area (Å²) in [4.78, 5) is 12.2. The van der Waals surface area contributed by atoms with E-state index < -0.39 is 0 Å². The van der Waals surface area contributed by atoms with Gasteiger partial charge in [0.05, 0.1) is 22.8 Å². The third-order valence-corrected chi connectivity index (χ3v) is 3.29. The fraction of sp³-hybridized carbons (Fsp3) is 0.286. The summed E-state index contributed by atoms with van der Waals surface area (Å²) in [5.74, 6) is 0.0120. The second-order valence-corrected chi connectivity index (χ2v) is 4.84. The van der Waals surface area contributed by atoms with Crippen LogP contribution < -0.4 is 5.73 Å². The number of carbonyl (C=O) groups excluding carboxylic acids is 1. The van der Waals surface area contributed by atoms with Crippen LogP contribution in [0.5, 0.6) is 0 Å². The molecular formula is C14H16ClN3O. The molecule has 2 aromatic rings. The van der Waals surface area contributed by atoms with Gasteiger partial charge in [-0.05, 0) is 38.1 Å². The van der Waals surface area contributed by atoms with Crippen LogP contribution in [0.25, 0.3) is 0 Å². The summed E-state index contributed by atoms with van der Waals surface area (Å²) in [5, 5.41) is 4.79. The average Bonchev–Trinajstić information content (AvgIpc) is 2.72. The van der Waals surface area contributed by atoms with Crippen LogP contribution in [-0.2, 0) is 13.0 Å². The molecule has 0 aliphatic heterocycles. The number of Topliss-reactive ketones (excluding diaryl/α,β-unsaturated/α-hetero) is 1. The number of carbonyl (C=O) groups is 1. The Hall–Kier alpha value is -1.81. The normalized spacial score (nSPS) is 10.7. The first-order chi connectivity index (χ1) is 9.01. The molecule has 0 unspecified atom stereocenters. The van der Waals surface area contributed by atoms with E-state index in [0.717, 1.165) is 17.9 Å². The number of nitrogens with zero attached hydrogens (tertiary/aromatic N) is 2. The number of nitrogen functional groups attached to an aromatic ring is 1. The van der Waals surface area contributed by atoms with E-state index in [1.165, 1.54) is 0 Å². The van der Waals surface area contributed by atoms with E-state index in [4.69, 9.17) is 17.3 Å². The smallest absolute Gasteiger partial charge is 0.168 e. The standard InChI is InChI=1S/C14H16ClN3O/c1-3-18-11(6-9(2)17-18)8-14(19)10-4-5-12(15)13(16)7-10/h4-7H,3,8,16H2,1-2H3. The molecule has 2 rings (SSSR count). The zero-order valence-electron chi connectivity index (χ0n) is 11.0. The lowest BCUT2D eigenvalue weighted by Gasteiger charge is -2.05. The van der Waals surface area contributed by atoms with Gasteiger partial charge >= 0.3 is 0 Å². The third-order valence-electron chi connectivity index (χ3n) is 2.94. The number of nitrogens with two attached hydrogens (primary N) is 1. The number of anilines is 1. The Labute approximate surface area is 117 Å². The van der Waals surface area contributed by atoms with Gasteiger partial charge in [0.15, 0.2) is 5.78 Å². The summed E-state index contributed by atoms with van der Waals surface area (Å²) >= 11 is 5.85. The highest BCUT2D eigenvalue weighted by Gasteiger charge is 2.12. The van der Waals surface area contributed by atoms with Gasteiger partial charge in [-0.25, -0.2) is 0 Å². The molecule has 0 spiro atoms. The quantitative estimate of drug-likeness (QED) is 0.690. The molecule has 0 saturated carbocycles. The summed E-state index contributed by atoms with van der Waals surface area (Å²) in [6.07, 6.45) is 0.315. The molecule has 1 heterocycles. The Morgan fingerprint density at radius 3 is 2.79 bits per heavy atom. The van der Waals surface area contributed by atoms with Crippen LogP contribution in [0.1, 0.15) is 28.7 Å². The highest BCUT2D eigenvalue weighted by Crippen LogP contribution is 2.20. The highest BCUT2D eigenvalue weighted by molar-refractivity contribution is 6.33. The van der Waals surface area contributed by atoms with Gasteiger partial charge in [-0.3, -0.25) is 9.48 Å².